The summed E-state index contributed by atoms with van der Waals surface area (Å²) in [7, 11) is 0. The first-order valence-corrected chi connectivity index (χ1v) is 15.9. The maximum atomic E-state index is 2.52. The molecule has 0 N–H and O–H groups in total. The molecule has 0 aliphatic heterocycles. The van der Waals surface area contributed by atoms with E-state index >= 15 is 0 Å². The summed E-state index contributed by atoms with van der Waals surface area (Å²) in [6.45, 7) is 0. The highest BCUT2D eigenvalue weighted by atomic mass is 15.2. The van der Waals surface area contributed by atoms with Gasteiger partial charge in [0.1, 0.15) is 0 Å². The van der Waals surface area contributed by atoms with Gasteiger partial charge in [-0.15, -0.1) is 0 Å². The van der Waals surface area contributed by atoms with E-state index in [0.29, 0.717) is 0 Å². The summed E-state index contributed by atoms with van der Waals surface area (Å²) in [5.41, 5.74) is 6.52. The fourth-order valence-electron chi connectivity index (χ4n) is 6.86. The number of fused-ring (bicyclic) bond motifs is 2. The average Bonchev–Trinajstić information content (AvgIpc) is 3.14. The fraction of sp³-hybridized carbons (Fsp3) is 0.0455. The highest BCUT2D eigenvalue weighted by Gasteiger charge is 2.39. The second kappa shape index (κ2) is 11.9. The number of para-hydroxylation sites is 2. The highest BCUT2D eigenvalue weighted by Crippen LogP contribution is 2.47. The van der Waals surface area contributed by atoms with Gasteiger partial charge in [0, 0.05) is 28.4 Å². The minimum atomic E-state index is -0.458. The van der Waals surface area contributed by atoms with Crippen LogP contribution in [0.25, 0.3) is 21.5 Å². The zero-order valence-corrected chi connectivity index (χ0v) is 25.6. The first kappa shape index (κ1) is 27.7. The zero-order chi connectivity index (χ0) is 30.8. The van der Waals surface area contributed by atoms with Gasteiger partial charge in [0.05, 0.1) is 5.54 Å². The molecule has 7 aromatic carbocycles. The van der Waals surface area contributed by atoms with Crippen LogP contribution in [0.3, 0.4) is 0 Å². The minimum Gasteiger partial charge on any atom is -0.327 e. The molecule has 0 bridgehead atoms. The van der Waals surface area contributed by atoms with Crippen molar-refractivity contribution in [1.82, 2.24) is 0 Å². The zero-order valence-electron chi connectivity index (χ0n) is 25.6. The molecule has 0 amide bonds. The first-order valence-electron chi connectivity index (χ1n) is 15.9. The second-order valence-corrected chi connectivity index (χ2v) is 11.9. The first-order chi connectivity index (χ1) is 22.8. The summed E-state index contributed by atoms with van der Waals surface area (Å²) < 4.78 is 0. The van der Waals surface area contributed by atoms with Gasteiger partial charge in [0.2, 0.25) is 0 Å². The molecule has 0 saturated heterocycles. The summed E-state index contributed by atoms with van der Waals surface area (Å²) in [6, 6.07) is 63.1. The van der Waals surface area contributed by atoms with Crippen molar-refractivity contribution in [2.45, 2.75) is 12.0 Å². The molecule has 8 rings (SSSR count). The molecule has 1 aliphatic carbocycles. The van der Waals surface area contributed by atoms with Crippen LogP contribution in [0.1, 0.15) is 12.0 Å². The van der Waals surface area contributed by atoms with Crippen molar-refractivity contribution in [2.75, 3.05) is 9.80 Å². The Morgan fingerprint density at radius 1 is 0.413 bits per heavy atom. The Morgan fingerprint density at radius 2 is 0.913 bits per heavy atom. The molecule has 7 aromatic rings. The number of benzene rings is 7. The molecular weight excluding hydrogens is 556 g/mol. The number of allylic oxidation sites excluding steroid dienone is 1. The normalized spacial score (nSPS) is 15.9. The number of hydrogen-bond acceptors (Lipinski definition) is 2. The van der Waals surface area contributed by atoms with Gasteiger partial charge < -0.3 is 9.80 Å². The SMILES string of the molecule is C1=CC(c2ccccc2)(N(c2ccccc2)c2ccc3ccccc3c2)CC=C1N(c1ccccc1)c1ccc2ccccc2c1. The van der Waals surface area contributed by atoms with Crippen molar-refractivity contribution < 1.29 is 0 Å². The van der Waals surface area contributed by atoms with Crippen molar-refractivity contribution >= 4 is 44.3 Å². The summed E-state index contributed by atoms with van der Waals surface area (Å²) in [4.78, 5) is 4.89. The number of anilines is 4. The molecule has 2 nitrogen and oxygen atoms in total. The molecule has 46 heavy (non-hydrogen) atoms. The molecule has 1 aliphatic rings. The standard InChI is InChI=1S/C44H34N2/c1-4-18-38(19-5-1)44(46(41-22-8-3-9-23-41)43-27-25-35-15-11-13-17-37(35)33-43)30-28-40(29-31-44)45(39-20-6-2-7-21-39)42-26-24-34-14-10-12-16-36(34)32-42/h1-30,32-33H,31H2. The van der Waals surface area contributed by atoms with Gasteiger partial charge in [0.25, 0.3) is 0 Å². The lowest BCUT2D eigenvalue weighted by atomic mass is 9.80. The van der Waals surface area contributed by atoms with E-state index in [1.807, 2.05) is 0 Å². The second-order valence-electron chi connectivity index (χ2n) is 11.9. The van der Waals surface area contributed by atoms with Crippen molar-refractivity contribution in [3.63, 3.8) is 0 Å². The molecule has 0 spiro atoms. The molecule has 0 aromatic heterocycles. The van der Waals surface area contributed by atoms with E-state index in [0.717, 1.165) is 34.9 Å². The van der Waals surface area contributed by atoms with Gasteiger partial charge in [-0.3, -0.25) is 0 Å². The monoisotopic (exact) mass is 590 g/mol. The lowest BCUT2D eigenvalue weighted by Gasteiger charge is -2.46. The minimum absolute atomic E-state index is 0.458. The molecule has 0 saturated carbocycles. The van der Waals surface area contributed by atoms with Crippen LogP contribution in [0, 0.1) is 0 Å². The van der Waals surface area contributed by atoms with Crippen molar-refractivity contribution in [1.29, 1.82) is 0 Å². The summed E-state index contributed by atoms with van der Waals surface area (Å²) in [5.74, 6) is 0. The van der Waals surface area contributed by atoms with Gasteiger partial charge in [-0.2, -0.15) is 0 Å². The van der Waals surface area contributed by atoms with E-state index in [9.17, 15) is 0 Å². The van der Waals surface area contributed by atoms with Gasteiger partial charge in [-0.1, -0.05) is 140 Å². The predicted molar refractivity (Wildman–Crippen MR) is 195 cm³/mol. The lowest BCUT2D eigenvalue weighted by molar-refractivity contribution is 0.544. The van der Waals surface area contributed by atoms with Crippen LogP contribution in [-0.2, 0) is 5.54 Å². The number of hydrogen-bond donors (Lipinski definition) is 0. The Kier molecular flexibility index (Phi) is 7.16. The summed E-state index contributed by atoms with van der Waals surface area (Å²) in [6.07, 6.45) is 7.92. The molecule has 0 radical (unpaired) electrons. The van der Waals surface area contributed by atoms with Crippen molar-refractivity contribution in [2.24, 2.45) is 0 Å². The van der Waals surface area contributed by atoms with Gasteiger partial charge in [-0.25, -0.2) is 0 Å². The highest BCUT2D eigenvalue weighted by molar-refractivity contribution is 5.89. The smallest absolute Gasteiger partial charge is 0.0924 e. The van der Waals surface area contributed by atoms with Crippen molar-refractivity contribution in [3.05, 3.63) is 205 Å². The Hall–Kier alpha value is -5.86. The molecule has 0 heterocycles. The van der Waals surface area contributed by atoms with E-state index in [4.69, 9.17) is 0 Å². The lowest BCUT2D eigenvalue weighted by Crippen LogP contribution is -2.43. The quantitative estimate of drug-likeness (QED) is 0.182. The Labute approximate surface area is 270 Å². The third kappa shape index (κ3) is 5.04. The topological polar surface area (TPSA) is 6.48 Å². The third-order valence-corrected chi connectivity index (χ3v) is 9.09. The molecule has 0 fully saturated rings. The van der Waals surface area contributed by atoms with Gasteiger partial charge >= 0.3 is 0 Å². The molecule has 220 valence electrons. The maximum absolute atomic E-state index is 2.52. The molecular formula is C44H34N2. The summed E-state index contributed by atoms with van der Waals surface area (Å²) >= 11 is 0. The molecule has 1 unspecified atom stereocenters. The van der Waals surface area contributed by atoms with Gasteiger partial charge in [0.15, 0.2) is 0 Å². The van der Waals surface area contributed by atoms with Crippen LogP contribution in [0.5, 0.6) is 0 Å². The molecule has 1 atom stereocenters. The average molecular weight is 591 g/mol. The van der Waals surface area contributed by atoms with Gasteiger partial charge in [-0.05, 0) is 88.1 Å². The van der Waals surface area contributed by atoms with Crippen LogP contribution in [0.4, 0.5) is 22.7 Å². The van der Waals surface area contributed by atoms with Crippen LogP contribution in [0.2, 0.25) is 0 Å². The van der Waals surface area contributed by atoms with E-state index in [2.05, 4.69) is 204 Å². The van der Waals surface area contributed by atoms with Crippen molar-refractivity contribution in [3.8, 4) is 0 Å². The van der Waals surface area contributed by atoms with Crippen LogP contribution >= 0.6 is 0 Å². The molecule has 2 heteroatoms. The Balaban J connectivity index is 1.29. The van der Waals surface area contributed by atoms with Crippen LogP contribution in [-0.4, -0.2) is 0 Å². The van der Waals surface area contributed by atoms with Crippen LogP contribution in [0.15, 0.2) is 200 Å². The van der Waals surface area contributed by atoms with E-state index < -0.39 is 5.54 Å². The Morgan fingerprint density at radius 3 is 1.50 bits per heavy atom. The van der Waals surface area contributed by atoms with Crippen LogP contribution < -0.4 is 9.80 Å². The van der Waals surface area contributed by atoms with E-state index in [1.54, 1.807) is 0 Å². The number of nitrogens with zero attached hydrogens (tertiary/aromatic N) is 2. The largest absolute Gasteiger partial charge is 0.327 e. The maximum Gasteiger partial charge on any atom is 0.0924 e. The third-order valence-electron chi connectivity index (χ3n) is 9.09. The van der Waals surface area contributed by atoms with E-state index in [1.165, 1.54) is 27.1 Å². The summed E-state index contributed by atoms with van der Waals surface area (Å²) in [5, 5.41) is 4.94. The van der Waals surface area contributed by atoms with E-state index in [-0.39, 0.29) is 0 Å². The fourth-order valence-corrected chi connectivity index (χ4v) is 6.86. The number of rotatable bonds is 7. The Bertz CT molecular complexity index is 2180. The predicted octanol–water partition coefficient (Wildman–Crippen LogP) is 11.7.